The highest BCUT2D eigenvalue weighted by Gasteiger charge is 2.42. The van der Waals surface area contributed by atoms with E-state index in [9.17, 15) is 8.42 Å². The maximum atomic E-state index is 12.0. The lowest BCUT2D eigenvalue weighted by molar-refractivity contribution is 0.342. The lowest BCUT2D eigenvalue weighted by atomic mass is 9.76. The van der Waals surface area contributed by atoms with E-state index in [0.29, 0.717) is 5.56 Å². The highest BCUT2D eigenvalue weighted by molar-refractivity contribution is 7.90. The fourth-order valence-electron chi connectivity index (χ4n) is 3.42. The van der Waals surface area contributed by atoms with E-state index in [2.05, 4.69) is 35.9 Å². The van der Waals surface area contributed by atoms with Crippen LogP contribution in [0.1, 0.15) is 36.5 Å². The molecular formula is C16H18N2O2S. The summed E-state index contributed by atoms with van der Waals surface area (Å²) in [5.74, 6) is -0.000347. The van der Waals surface area contributed by atoms with Crippen LogP contribution in [-0.2, 0) is 16.3 Å². The van der Waals surface area contributed by atoms with Gasteiger partial charge < -0.3 is 0 Å². The second-order valence-electron chi connectivity index (χ2n) is 6.35. The average molecular weight is 302 g/mol. The summed E-state index contributed by atoms with van der Waals surface area (Å²) in [5.41, 5.74) is 3.10. The maximum absolute atomic E-state index is 12.0. The van der Waals surface area contributed by atoms with Crippen LogP contribution >= 0.6 is 0 Å². The van der Waals surface area contributed by atoms with E-state index < -0.39 is 9.84 Å². The smallest absolute Gasteiger partial charge is 0.193 e. The molecule has 21 heavy (non-hydrogen) atoms. The van der Waals surface area contributed by atoms with Gasteiger partial charge >= 0.3 is 0 Å². The van der Waals surface area contributed by atoms with Gasteiger partial charge in [0, 0.05) is 23.9 Å². The number of rotatable bonds is 2. The van der Waals surface area contributed by atoms with Crippen LogP contribution < -0.4 is 0 Å². The number of hydrogen-bond donors (Lipinski definition) is 0. The Balaban J connectivity index is 2.26. The molecule has 3 rings (SSSR count). The molecule has 0 N–H and O–H groups in total. The number of hydrogen-bond acceptors (Lipinski definition) is 4. The predicted octanol–water partition coefficient (Wildman–Crippen LogP) is 2.59. The molecule has 2 aromatic rings. The van der Waals surface area contributed by atoms with Crippen LogP contribution in [0.5, 0.6) is 0 Å². The lowest BCUT2D eigenvalue weighted by Gasteiger charge is -2.28. The van der Waals surface area contributed by atoms with Crippen LogP contribution in [-0.4, -0.2) is 24.6 Å². The van der Waals surface area contributed by atoms with E-state index in [1.165, 1.54) is 23.7 Å². The van der Waals surface area contributed by atoms with Crippen molar-refractivity contribution in [3.63, 3.8) is 0 Å². The monoisotopic (exact) mass is 302 g/mol. The second kappa shape index (κ2) is 4.63. The van der Waals surface area contributed by atoms with Gasteiger partial charge in [-0.3, -0.25) is 0 Å². The van der Waals surface area contributed by atoms with Crippen LogP contribution in [0.3, 0.4) is 0 Å². The molecule has 0 saturated heterocycles. The van der Waals surface area contributed by atoms with Crippen molar-refractivity contribution in [2.75, 3.05) is 6.26 Å². The molecule has 1 heterocycles. The largest absolute Gasteiger partial charge is 0.244 e. The molecule has 4 nitrogen and oxygen atoms in total. The molecule has 110 valence electrons. The Labute approximate surface area is 125 Å². The molecule has 1 aromatic heterocycles. The van der Waals surface area contributed by atoms with Gasteiger partial charge in [0.1, 0.15) is 6.33 Å². The third-order valence-electron chi connectivity index (χ3n) is 4.16. The molecule has 1 atom stereocenters. The van der Waals surface area contributed by atoms with Gasteiger partial charge in [0.15, 0.2) is 14.9 Å². The van der Waals surface area contributed by atoms with Crippen LogP contribution in [0.2, 0.25) is 0 Å². The number of aromatic nitrogens is 2. The van der Waals surface area contributed by atoms with Gasteiger partial charge in [-0.25, -0.2) is 18.4 Å². The van der Waals surface area contributed by atoms with Crippen molar-refractivity contribution < 1.29 is 8.42 Å². The van der Waals surface area contributed by atoms with Crippen molar-refractivity contribution in [2.24, 2.45) is 5.41 Å². The minimum absolute atomic E-state index is 0.000347. The van der Waals surface area contributed by atoms with Crippen molar-refractivity contribution in [1.82, 2.24) is 9.97 Å². The third-order valence-corrected chi connectivity index (χ3v) is 5.20. The molecule has 5 heteroatoms. The van der Waals surface area contributed by atoms with E-state index in [0.717, 1.165) is 6.42 Å². The molecule has 0 fully saturated rings. The number of nitrogens with zero attached hydrogens (tertiary/aromatic N) is 2. The number of fused-ring (bicyclic) bond motifs is 1. The van der Waals surface area contributed by atoms with Crippen molar-refractivity contribution in [1.29, 1.82) is 0 Å². The van der Waals surface area contributed by atoms with E-state index in [4.69, 9.17) is 0 Å². The van der Waals surface area contributed by atoms with Crippen LogP contribution in [0, 0.1) is 5.41 Å². The Bertz CT molecular complexity index is 797. The summed E-state index contributed by atoms with van der Waals surface area (Å²) >= 11 is 0. The van der Waals surface area contributed by atoms with E-state index in [1.54, 1.807) is 6.20 Å². The highest BCUT2D eigenvalue weighted by Crippen LogP contribution is 2.51. The molecule has 0 radical (unpaired) electrons. The minimum atomic E-state index is -3.37. The fraction of sp³-hybridized carbons (Fsp3) is 0.375. The zero-order valence-corrected chi connectivity index (χ0v) is 13.2. The summed E-state index contributed by atoms with van der Waals surface area (Å²) in [6, 6.07) is 8.21. The summed E-state index contributed by atoms with van der Waals surface area (Å²) < 4.78 is 24.1. The van der Waals surface area contributed by atoms with Gasteiger partial charge in [0.25, 0.3) is 0 Å². The van der Waals surface area contributed by atoms with E-state index >= 15 is 0 Å². The second-order valence-corrected chi connectivity index (χ2v) is 8.28. The molecule has 1 aliphatic rings. The summed E-state index contributed by atoms with van der Waals surface area (Å²) in [6.45, 7) is 4.33. The highest BCUT2D eigenvalue weighted by atomic mass is 32.2. The molecule has 0 aliphatic heterocycles. The van der Waals surface area contributed by atoms with Crippen LogP contribution in [0.25, 0.3) is 0 Å². The topological polar surface area (TPSA) is 59.9 Å². The first-order valence-corrected chi connectivity index (χ1v) is 8.77. The zero-order valence-electron chi connectivity index (χ0n) is 12.4. The van der Waals surface area contributed by atoms with Gasteiger partial charge in [-0.15, -0.1) is 0 Å². The molecular weight excluding hydrogens is 284 g/mol. The van der Waals surface area contributed by atoms with E-state index in [1.807, 2.05) is 12.1 Å². The Morgan fingerprint density at radius 2 is 1.90 bits per heavy atom. The summed E-state index contributed by atoms with van der Waals surface area (Å²) in [4.78, 5) is 8.10. The van der Waals surface area contributed by atoms with Gasteiger partial charge in [-0.2, -0.15) is 0 Å². The molecule has 0 saturated carbocycles. The first kappa shape index (κ1) is 14.2. The molecule has 1 aromatic carbocycles. The molecule has 0 amide bonds. The minimum Gasteiger partial charge on any atom is -0.244 e. The van der Waals surface area contributed by atoms with Crippen molar-refractivity contribution in [3.05, 3.63) is 53.5 Å². The Morgan fingerprint density at radius 3 is 2.62 bits per heavy atom. The summed E-state index contributed by atoms with van der Waals surface area (Å²) in [6.07, 6.45) is 5.07. The lowest BCUT2D eigenvalue weighted by Crippen LogP contribution is -2.21. The first-order chi connectivity index (χ1) is 9.81. The summed E-state index contributed by atoms with van der Waals surface area (Å²) in [5, 5.41) is 0.146. The van der Waals surface area contributed by atoms with E-state index in [-0.39, 0.29) is 16.4 Å². The quantitative estimate of drug-likeness (QED) is 0.800. The SMILES string of the molecule is CC1(C)Cc2ccccc2C1c1cncnc1S(C)(=O)=O. The molecule has 0 spiro atoms. The van der Waals surface area contributed by atoms with Crippen LogP contribution in [0.15, 0.2) is 41.8 Å². The van der Waals surface area contributed by atoms with Gasteiger partial charge in [-0.05, 0) is 23.0 Å². The van der Waals surface area contributed by atoms with Crippen molar-refractivity contribution in [2.45, 2.75) is 31.2 Å². The van der Waals surface area contributed by atoms with Crippen molar-refractivity contribution in [3.8, 4) is 0 Å². The molecule has 1 unspecified atom stereocenters. The maximum Gasteiger partial charge on any atom is 0.193 e. The Kier molecular flexibility index (Phi) is 3.13. The van der Waals surface area contributed by atoms with Crippen LogP contribution in [0.4, 0.5) is 0 Å². The fourth-order valence-corrected chi connectivity index (χ4v) is 4.25. The van der Waals surface area contributed by atoms with Gasteiger partial charge in [0.05, 0.1) is 0 Å². The zero-order chi connectivity index (χ0) is 15.3. The first-order valence-electron chi connectivity index (χ1n) is 6.88. The molecule has 1 aliphatic carbocycles. The number of benzene rings is 1. The molecule has 0 bridgehead atoms. The van der Waals surface area contributed by atoms with Crippen molar-refractivity contribution >= 4 is 9.84 Å². The number of sulfone groups is 1. The van der Waals surface area contributed by atoms with Gasteiger partial charge in [0.2, 0.25) is 0 Å². The predicted molar refractivity (Wildman–Crippen MR) is 80.9 cm³/mol. The normalized spacial score (nSPS) is 20.2. The van der Waals surface area contributed by atoms with Gasteiger partial charge in [-0.1, -0.05) is 38.1 Å². The Morgan fingerprint density at radius 1 is 1.19 bits per heavy atom. The third kappa shape index (κ3) is 2.35. The standard InChI is InChI=1S/C16H18N2O2S/c1-16(2)8-11-6-4-5-7-12(11)14(16)13-9-17-10-18-15(13)21(3,19)20/h4-7,9-10,14H,8H2,1-3H3. The Hall–Kier alpha value is -1.75. The average Bonchev–Trinajstić information content (AvgIpc) is 2.67. The summed E-state index contributed by atoms with van der Waals surface area (Å²) in [7, 11) is -3.37.